The molecule has 0 spiro atoms. The van der Waals surface area contributed by atoms with Gasteiger partial charge < -0.3 is 4.90 Å². The van der Waals surface area contributed by atoms with Crippen molar-refractivity contribution >= 4 is 46.3 Å². The van der Waals surface area contributed by atoms with Gasteiger partial charge in [-0.3, -0.25) is 14.5 Å². The van der Waals surface area contributed by atoms with Gasteiger partial charge in [-0.1, -0.05) is 60.8 Å². The van der Waals surface area contributed by atoms with Gasteiger partial charge >= 0.3 is 0 Å². The van der Waals surface area contributed by atoms with Gasteiger partial charge in [-0.05, 0) is 30.7 Å². The van der Waals surface area contributed by atoms with Crippen LogP contribution < -0.4 is 4.90 Å². The van der Waals surface area contributed by atoms with Crippen molar-refractivity contribution in [2.75, 3.05) is 18.5 Å². The number of rotatable bonds is 6. The standard InChI is InChI=1S/C21H20Cl2N2O2/c1-3-4-12-25-20(26)18(16-11-10-14(22)13-17(16)23)19(21(25)27)24(2)15-8-6-5-7-9-15/h5-11,13H,3-4,12H2,1-2H3. The minimum atomic E-state index is -0.324. The summed E-state index contributed by atoms with van der Waals surface area (Å²) in [5.74, 6) is -0.628. The zero-order valence-electron chi connectivity index (χ0n) is 15.2. The molecule has 1 aliphatic heterocycles. The van der Waals surface area contributed by atoms with Gasteiger partial charge in [0.15, 0.2) is 0 Å². The van der Waals surface area contributed by atoms with Crippen LogP contribution >= 0.6 is 23.2 Å². The molecule has 1 heterocycles. The second-order valence-corrected chi connectivity index (χ2v) is 7.20. The van der Waals surface area contributed by atoms with Gasteiger partial charge in [0, 0.05) is 29.9 Å². The lowest BCUT2D eigenvalue weighted by Gasteiger charge is -2.21. The van der Waals surface area contributed by atoms with E-state index in [-0.39, 0.29) is 11.8 Å². The molecule has 1 aliphatic rings. The molecule has 0 radical (unpaired) electrons. The van der Waals surface area contributed by atoms with E-state index in [9.17, 15) is 9.59 Å². The number of carbonyl (C=O) groups is 2. The summed E-state index contributed by atoms with van der Waals surface area (Å²) in [5.41, 5.74) is 1.96. The van der Waals surface area contributed by atoms with Crippen molar-refractivity contribution in [3.8, 4) is 0 Å². The largest absolute Gasteiger partial charge is 0.339 e. The lowest BCUT2D eigenvalue weighted by molar-refractivity contribution is -0.136. The van der Waals surface area contributed by atoms with Gasteiger partial charge in [-0.2, -0.15) is 0 Å². The first-order valence-corrected chi connectivity index (χ1v) is 9.56. The first-order chi connectivity index (χ1) is 13.0. The second-order valence-electron chi connectivity index (χ2n) is 6.36. The van der Waals surface area contributed by atoms with Gasteiger partial charge in [-0.15, -0.1) is 0 Å². The van der Waals surface area contributed by atoms with Crippen LogP contribution in [0.2, 0.25) is 10.0 Å². The Morgan fingerprint density at radius 2 is 1.70 bits per heavy atom. The van der Waals surface area contributed by atoms with Crippen molar-refractivity contribution < 1.29 is 9.59 Å². The molecule has 6 heteroatoms. The molecule has 0 fully saturated rings. The Hall–Kier alpha value is -2.30. The van der Waals surface area contributed by atoms with Crippen LogP contribution in [-0.4, -0.2) is 30.3 Å². The summed E-state index contributed by atoms with van der Waals surface area (Å²) in [6.45, 7) is 2.40. The summed E-state index contributed by atoms with van der Waals surface area (Å²) in [5, 5.41) is 0.817. The summed E-state index contributed by atoms with van der Waals surface area (Å²) >= 11 is 12.4. The van der Waals surface area contributed by atoms with Crippen LogP contribution in [0.1, 0.15) is 25.3 Å². The minimum absolute atomic E-state index is 0.305. The fourth-order valence-corrected chi connectivity index (χ4v) is 3.61. The number of imide groups is 1. The molecule has 140 valence electrons. The van der Waals surface area contributed by atoms with Crippen molar-refractivity contribution in [2.24, 2.45) is 0 Å². The number of nitrogens with zero attached hydrogens (tertiary/aromatic N) is 2. The molecule has 0 atom stereocenters. The van der Waals surface area contributed by atoms with Crippen LogP contribution in [0.5, 0.6) is 0 Å². The van der Waals surface area contributed by atoms with Crippen LogP contribution in [0, 0.1) is 0 Å². The Bertz CT molecular complexity index is 910. The molecule has 2 aromatic rings. The van der Waals surface area contributed by atoms with Crippen molar-refractivity contribution in [1.29, 1.82) is 0 Å². The molecule has 2 amide bonds. The van der Waals surface area contributed by atoms with Crippen LogP contribution in [0.3, 0.4) is 0 Å². The van der Waals surface area contributed by atoms with Crippen molar-refractivity contribution in [3.63, 3.8) is 0 Å². The molecule has 0 N–H and O–H groups in total. The fraction of sp³-hybridized carbons (Fsp3) is 0.238. The molecule has 3 rings (SSSR count). The van der Waals surface area contributed by atoms with E-state index in [0.717, 1.165) is 18.5 Å². The maximum absolute atomic E-state index is 13.1. The third-order valence-electron chi connectivity index (χ3n) is 4.56. The monoisotopic (exact) mass is 402 g/mol. The predicted octanol–water partition coefficient (Wildman–Crippen LogP) is 5.01. The lowest BCUT2D eigenvalue weighted by atomic mass is 10.0. The molecular formula is C21H20Cl2N2O2. The lowest BCUT2D eigenvalue weighted by Crippen LogP contribution is -2.35. The van der Waals surface area contributed by atoms with Crippen molar-refractivity contribution in [1.82, 2.24) is 4.90 Å². The topological polar surface area (TPSA) is 40.6 Å². The Kier molecular flexibility index (Phi) is 5.88. The zero-order valence-corrected chi connectivity index (χ0v) is 16.7. The molecular weight excluding hydrogens is 383 g/mol. The number of hydrogen-bond acceptors (Lipinski definition) is 3. The highest BCUT2D eigenvalue weighted by Crippen LogP contribution is 2.37. The normalized spacial score (nSPS) is 14.3. The van der Waals surface area contributed by atoms with Gasteiger partial charge in [0.25, 0.3) is 11.8 Å². The first-order valence-electron chi connectivity index (χ1n) is 8.80. The molecule has 0 saturated carbocycles. The smallest absolute Gasteiger partial charge is 0.278 e. The van der Waals surface area contributed by atoms with Crippen LogP contribution in [0.15, 0.2) is 54.2 Å². The summed E-state index contributed by atoms with van der Waals surface area (Å²) in [6.07, 6.45) is 1.64. The molecule has 0 bridgehead atoms. The number of para-hydroxylation sites is 1. The minimum Gasteiger partial charge on any atom is -0.339 e. The van der Waals surface area contributed by atoms with Crippen LogP contribution in [0.25, 0.3) is 5.57 Å². The average Bonchev–Trinajstić information content (AvgIpc) is 2.90. The van der Waals surface area contributed by atoms with Crippen LogP contribution in [-0.2, 0) is 9.59 Å². The van der Waals surface area contributed by atoms with E-state index >= 15 is 0 Å². The highest BCUT2D eigenvalue weighted by molar-refractivity contribution is 6.41. The third-order valence-corrected chi connectivity index (χ3v) is 5.11. The number of halogens is 2. The SMILES string of the molecule is CCCCN1C(=O)C(c2ccc(Cl)cc2Cl)=C(N(C)c2ccccc2)C1=O. The Morgan fingerprint density at radius 3 is 2.33 bits per heavy atom. The summed E-state index contributed by atoms with van der Waals surface area (Å²) < 4.78 is 0. The van der Waals surface area contributed by atoms with Gasteiger partial charge in [0.2, 0.25) is 0 Å². The number of carbonyl (C=O) groups excluding carboxylic acids is 2. The van der Waals surface area contributed by atoms with E-state index in [2.05, 4.69) is 0 Å². The number of benzene rings is 2. The summed E-state index contributed by atoms with van der Waals surface area (Å²) in [7, 11) is 1.78. The molecule has 2 aromatic carbocycles. The molecule has 0 unspecified atom stereocenters. The molecule has 0 aliphatic carbocycles. The zero-order chi connectivity index (χ0) is 19.6. The predicted molar refractivity (Wildman–Crippen MR) is 110 cm³/mol. The Balaban J connectivity index is 2.15. The van der Waals surface area contributed by atoms with E-state index in [1.807, 2.05) is 37.3 Å². The molecule has 0 aromatic heterocycles. The number of amides is 2. The maximum atomic E-state index is 13.1. The highest BCUT2D eigenvalue weighted by Gasteiger charge is 2.41. The van der Waals surface area contributed by atoms with Gasteiger partial charge in [0.1, 0.15) is 5.70 Å². The van der Waals surface area contributed by atoms with E-state index < -0.39 is 0 Å². The first kappa shape index (κ1) is 19.5. The van der Waals surface area contributed by atoms with Gasteiger partial charge in [0.05, 0.1) is 10.6 Å². The number of anilines is 1. The fourth-order valence-electron chi connectivity index (χ4n) is 3.11. The second kappa shape index (κ2) is 8.15. The third kappa shape index (κ3) is 3.73. The van der Waals surface area contributed by atoms with Crippen molar-refractivity contribution in [3.05, 3.63) is 69.8 Å². The van der Waals surface area contributed by atoms with E-state index in [1.54, 1.807) is 30.1 Å². The van der Waals surface area contributed by atoms with Crippen LogP contribution in [0.4, 0.5) is 5.69 Å². The number of unbranched alkanes of at least 4 members (excludes halogenated alkanes) is 1. The maximum Gasteiger partial charge on any atom is 0.278 e. The Morgan fingerprint density at radius 1 is 1.00 bits per heavy atom. The quantitative estimate of drug-likeness (QED) is 0.637. The van der Waals surface area contributed by atoms with Gasteiger partial charge in [-0.25, -0.2) is 0 Å². The number of likely N-dealkylation sites (N-methyl/N-ethyl adjacent to an activating group) is 1. The average molecular weight is 403 g/mol. The van der Waals surface area contributed by atoms with E-state index in [0.29, 0.717) is 33.4 Å². The molecule has 0 saturated heterocycles. The van der Waals surface area contributed by atoms with E-state index in [4.69, 9.17) is 23.2 Å². The molecule has 27 heavy (non-hydrogen) atoms. The summed E-state index contributed by atoms with van der Waals surface area (Å²) in [4.78, 5) is 29.3. The highest BCUT2D eigenvalue weighted by atomic mass is 35.5. The Labute approximate surface area is 169 Å². The van der Waals surface area contributed by atoms with Crippen molar-refractivity contribution in [2.45, 2.75) is 19.8 Å². The van der Waals surface area contributed by atoms with E-state index in [1.165, 1.54) is 4.90 Å². The summed E-state index contributed by atoms with van der Waals surface area (Å²) in [6, 6.07) is 14.4. The molecule has 4 nitrogen and oxygen atoms in total. The number of hydrogen-bond donors (Lipinski definition) is 0.